The predicted octanol–water partition coefficient (Wildman–Crippen LogP) is 3.61. The van der Waals surface area contributed by atoms with Crippen molar-refractivity contribution in [3.8, 4) is 0 Å². The number of esters is 1. The summed E-state index contributed by atoms with van der Waals surface area (Å²) in [7, 11) is 0. The molecule has 96 valence electrons. The molecule has 0 aliphatic carbocycles. The number of aliphatic hydroxyl groups excluding tert-OH is 1. The van der Waals surface area contributed by atoms with Crippen LogP contribution >= 0.6 is 22.9 Å². The SMILES string of the molecule is CC(C)OC(=O)c1sc2ccc(CO)cc2c1Cl. The zero-order valence-corrected chi connectivity index (χ0v) is 11.6. The summed E-state index contributed by atoms with van der Waals surface area (Å²) < 4.78 is 6.05. The highest BCUT2D eigenvalue weighted by Crippen LogP contribution is 2.36. The highest BCUT2D eigenvalue weighted by Gasteiger charge is 2.19. The van der Waals surface area contributed by atoms with E-state index in [2.05, 4.69) is 0 Å². The summed E-state index contributed by atoms with van der Waals surface area (Å²) in [5, 5.41) is 10.3. The Morgan fingerprint density at radius 1 is 1.50 bits per heavy atom. The Morgan fingerprint density at radius 2 is 2.22 bits per heavy atom. The van der Waals surface area contributed by atoms with Crippen LogP contribution in [0.15, 0.2) is 18.2 Å². The number of ether oxygens (including phenoxy) is 1. The largest absolute Gasteiger partial charge is 0.459 e. The zero-order valence-electron chi connectivity index (χ0n) is 10.1. The highest BCUT2D eigenvalue weighted by atomic mass is 35.5. The minimum atomic E-state index is -0.401. The fourth-order valence-electron chi connectivity index (χ4n) is 1.61. The number of rotatable bonds is 3. The normalized spacial score (nSPS) is 11.2. The van der Waals surface area contributed by atoms with E-state index in [4.69, 9.17) is 21.4 Å². The molecule has 0 radical (unpaired) electrons. The molecule has 0 saturated heterocycles. The van der Waals surface area contributed by atoms with E-state index in [-0.39, 0.29) is 12.7 Å². The first kappa shape index (κ1) is 13.3. The molecule has 0 spiro atoms. The Bertz CT molecular complexity index is 589. The third-order valence-electron chi connectivity index (χ3n) is 2.40. The minimum Gasteiger partial charge on any atom is -0.459 e. The van der Waals surface area contributed by atoms with Crippen molar-refractivity contribution in [2.24, 2.45) is 0 Å². The maximum Gasteiger partial charge on any atom is 0.350 e. The van der Waals surface area contributed by atoms with Gasteiger partial charge >= 0.3 is 5.97 Å². The van der Waals surface area contributed by atoms with Crippen LogP contribution in [-0.4, -0.2) is 17.2 Å². The Kier molecular flexibility index (Phi) is 3.90. The number of halogens is 1. The zero-order chi connectivity index (χ0) is 13.3. The molecule has 1 heterocycles. The van der Waals surface area contributed by atoms with Crippen LogP contribution in [-0.2, 0) is 11.3 Å². The molecule has 1 aromatic carbocycles. The lowest BCUT2D eigenvalue weighted by atomic mass is 10.2. The quantitative estimate of drug-likeness (QED) is 0.876. The molecule has 0 amide bonds. The van der Waals surface area contributed by atoms with Crippen LogP contribution in [0.4, 0.5) is 0 Å². The summed E-state index contributed by atoms with van der Waals surface area (Å²) in [4.78, 5) is 12.3. The molecule has 0 fully saturated rings. The Hall–Kier alpha value is -1.10. The van der Waals surface area contributed by atoms with Crippen molar-refractivity contribution >= 4 is 39.0 Å². The van der Waals surface area contributed by atoms with Gasteiger partial charge in [0.05, 0.1) is 17.7 Å². The average molecular weight is 285 g/mol. The van der Waals surface area contributed by atoms with E-state index in [1.54, 1.807) is 19.9 Å². The highest BCUT2D eigenvalue weighted by molar-refractivity contribution is 7.21. The topological polar surface area (TPSA) is 46.5 Å². The van der Waals surface area contributed by atoms with Crippen LogP contribution < -0.4 is 0 Å². The molecule has 0 aliphatic heterocycles. The Labute approximate surface area is 114 Å². The molecule has 0 unspecified atom stereocenters. The fourth-order valence-corrected chi connectivity index (χ4v) is 2.98. The molecule has 2 rings (SSSR count). The minimum absolute atomic E-state index is 0.0477. The molecule has 18 heavy (non-hydrogen) atoms. The first-order valence-corrected chi connectivity index (χ1v) is 6.75. The van der Waals surface area contributed by atoms with Crippen LogP contribution in [0.5, 0.6) is 0 Å². The number of aliphatic hydroxyl groups is 1. The van der Waals surface area contributed by atoms with Gasteiger partial charge in [-0.2, -0.15) is 0 Å². The summed E-state index contributed by atoms with van der Waals surface area (Å²) in [6.07, 6.45) is -0.174. The first-order valence-electron chi connectivity index (χ1n) is 5.55. The van der Waals surface area contributed by atoms with Crippen LogP contribution in [0.25, 0.3) is 10.1 Å². The van der Waals surface area contributed by atoms with Gasteiger partial charge in [-0.15, -0.1) is 11.3 Å². The predicted molar refractivity (Wildman–Crippen MR) is 73.3 cm³/mol. The van der Waals surface area contributed by atoms with E-state index >= 15 is 0 Å². The first-order chi connectivity index (χ1) is 8.52. The number of fused-ring (bicyclic) bond motifs is 1. The van der Waals surface area contributed by atoms with Gasteiger partial charge in [0.2, 0.25) is 0 Å². The molecule has 3 nitrogen and oxygen atoms in total. The third kappa shape index (κ3) is 2.51. The number of hydrogen-bond donors (Lipinski definition) is 1. The van der Waals surface area contributed by atoms with Crippen molar-refractivity contribution in [3.05, 3.63) is 33.7 Å². The summed E-state index contributed by atoms with van der Waals surface area (Å²) in [5.74, 6) is -0.401. The molecule has 5 heteroatoms. The van der Waals surface area contributed by atoms with Crippen molar-refractivity contribution in [2.45, 2.75) is 26.6 Å². The number of benzene rings is 1. The lowest BCUT2D eigenvalue weighted by molar-refractivity contribution is 0.0384. The summed E-state index contributed by atoms with van der Waals surface area (Å²) >= 11 is 7.50. The number of hydrogen-bond acceptors (Lipinski definition) is 4. The van der Waals surface area contributed by atoms with Crippen LogP contribution in [0.1, 0.15) is 29.1 Å². The van der Waals surface area contributed by atoms with Crippen molar-refractivity contribution in [1.29, 1.82) is 0 Å². The van der Waals surface area contributed by atoms with Crippen molar-refractivity contribution < 1.29 is 14.6 Å². The van der Waals surface area contributed by atoms with Crippen molar-refractivity contribution in [1.82, 2.24) is 0 Å². The van der Waals surface area contributed by atoms with Gasteiger partial charge in [0.15, 0.2) is 0 Å². The molecule has 2 aromatic rings. The molecule has 1 aromatic heterocycles. The fraction of sp³-hybridized carbons (Fsp3) is 0.308. The molecule has 0 saturated carbocycles. The van der Waals surface area contributed by atoms with Gasteiger partial charge in [-0.05, 0) is 31.5 Å². The average Bonchev–Trinajstić information content (AvgIpc) is 2.65. The molecular weight excluding hydrogens is 272 g/mol. The van der Waals surface area contributed by atoms with Crippen LogP contribution in [0.2, 0.25) is 5.02 Å². The van der Waals surface area contributed by atoms with Gasteiger partial charge in [0.25, 0.3) is 0 Å². The summed E-state index contributed by atoms with van der Waals surface area (Å²) in [5.41, 5.74) is 0.769. The number of carbonyl (C=O) groups is 1. The van der Waals surface area contributed by atoms with Gasteiger partial charge in [0.1, 0.15) is 4.88 Å². The molecule has 0 atom stereocenters. The lowest BCUT2D eigenvalue weighted by Gasteiger charge is -2.05. The number of carbonyl (C=O) groups excluding carboxylic acids is 1. The summed E-state index contributed by atoms with van der Waals surface area (Å²) in [6, 6.07) is 5.45. The van der Waals surface area contributed by atoms with E-state index in [9.17, 15) is 4.79 Å². The Morgan fingerprint density at radius 3 is 2.83 bits per heavy atom. The molecule has 1 N–H and O–H groups in total. The van der Waals surface area contributed by atoms with Crippen LogP contribution in [0, 0.1) is 0 Å². The van der Waals surface area contributed by atoms with Gasteiger partial charge in [-0.1, -0.05) is 17.7 Å². The summed E-state index contributed by atoms with van der Waals surface area (Å²) in [6.45, 7) is 3.54. The number of thiophene rings is 1. The smallest absolute Gasteiger partial charge is 0.350 e. The van der Waals surface area contributed by atoms with Crippen molar-refractivity contribution in [3.63, 3.8) is 0 Å². The maximum atomic E-state index is 11.9. The van der Waals surface area contributed by atoms with Crippen LogP contribution in [0.3, 0.4) is 0 Å². The second kappa shape index (κ2) is 5.26. The van der Waals surface area contributed by atoms with Gasteiger partial charge in [-0.25, -0.2) is 4.79 Å². The third-order valence-corrected chi connectivity index (χ3v) is 4.06. The standard InChI is InChI=1S/C13H13ClO3S/c1-7(2)17-13(16)12-11(14)9-5-8(6-15)3-4-10(9)18-12/h3-5,7,15H,6H2,1-2H3. The maximum absolute atomic E-state index is 11.9. The Balaban J connectivity index is 2.47. The second-order valence-electron chi connectivity index (χ2n) is 4.19. The van der Waals surface area contributed by atoms with Gasteiger partial charge in [0, 0.05) is 10.1 Å². The van der Waals surface area contributed by atoms with Gasteiger partial charge < -0.3 is 9.84 Å². The lowest BCUT2D eigenvalue weighted by Crippen LogP contribution is -2.10. The second-order valence-corrected chi connectivity index (χ2v) is 5.62. The van der Waals surface area contributed by atoms with Gasteiger partial charge in [-0.3, -0.25) is 0 Å². The van der Waals surface area contributed by atoms with E-state index in [1.807, 2.05) is 12.1 Å². The molecule has 0 aliphatic rings. The molecule has 0 bridgehead atoms. The van der Waals surface area contributed by atoms with E-state index in [1.165, 1.54) is 11.3 Å². The van der Waals surface area contributed by atoms with E-state index < -0.39 is 5.97 Å². The monoisotopic (exact) mass is 284 g/mol. The molecular formula is C13H13ClO3S. The van der Waals surface area contributed by atoms with Crippen molar-refractivity contribution in [2.75, 3.05) is 0 Å². The van der Waals surface area contributed by atoms with E-state index in [0.29, 0.717) is 9.90 Å². The van der Waals surface area contributed by atoms with E-state index in [0.717, 1.165) is 15.6 Å².